The standard InChI is InChI=1S/C13H14O6/c1-19-12(17)5-11(16)13(18)10-3-8(6-14)2-9(4-10)7-15/h2-4,6-7,11,13,16,18H,5H2,1H3. The Hall–Kier alpha value is -2.05. The minimum absolute atomic E-state index is 0.183. The van der Waals surface area contributed by atoms with E-state index in [-0.39, 0.29) is 23.1 Å². The number of ether oxygens (including phenoxy) is 1. The van der Waals surface area contributed by atoms with Gasteiger partial charge in [-0.25, -0.2) is 0 Å². The summed E-state index contributed by atoms with van der Waals surface area (Å²) in [6.45, 7) is 0. The molecule has 1 aromatic carbocycles. The molecule has 2 atom stereocenters. The molecule has 0 saturated heterocycles. The lowest BCUT2D eigenvalue weighted by Gasteiger charge is -2.17. The van der Waals surface area contributed by atoms with Crippen LogP contribution in [0.1, 0.15) is 38.8 Å². The molecule has 102 valence electrons. The smallest absolute Gasteiger partial charge is 0.308 e. The molecule has 0 aromatic heterocycles. The van der Waals surface area contributed by atoms with Crippen LogP contribution in [0.2, 0.25) is 0 Å². The molecule has 0 fully saturated rings. The molecule has 0 aliphatic heterocycles. The highest BCUT2D eigenvalue weighted by atomic mass is 16.5. The second-order valence-electron chi connectivity index (χ2n) is 3.96. The molecule has 1 aromatic rings. The number of benzene rings is 1. The van der Waals surface area contributed by atoms with E-state index >= 15 is 0 Å². The monoisotopic (exact) mass is 266 g/mol. The van der Waals surface area contributed by atoms with Gasteiger partial charge in [-0.1, -0.05) is 0 Å². The highest BCUT2D eigenvalue weighted by Gasteiger charge is 2.22. The van der Waals surface area contributed by atoms with Gasteiger partial charge >= 0.3 is 5.97 Å². The average Bonchev–Trinajstić information content (AvgIpc) is 2.45. The Kier molecular flexibility index (Phi) is 5.35. The van der Waals surface area contributed by atoms with Crippen LogP contribution in [0, 0.1) is 0 Å². The van der Waals surface area contributed by atoms with Crippen molar-refractivity contribution in [2.45, 2.75) is 18.6 Å². The van der Waals surface area contributed by atoms with Crippen LogP contribution in [-0.4, -0.2) is 42.0 Å². The van der Waals surface area contributed by atoms with Crippen LogP contribution in [0.25, 0.3) is 0 Å². The Balaban J connectivity index is 2.97. The first-order chi connectivity index (χ1) is 9.01. The second kappa shape index (κ2) is 6.77. The van der Waals surface area contributed by atoms with Crippen LogP contribution in [0.5, 0.6) is 0 Å². The van der Waals surface area contributed by atoms with Crippen molar-refractivity contribution in [1.29, 1.82) is 0 Å². The van der Waals surface area contributed by atoms with Gasteiger partial charge in [0.1, 0.15) is 18.7 Å². The Bertz CT molecular complexity index is 456. The number of rotatable bonds is 6. The third kappa shape index (κ3) is 3.97. The molecule has 0 spiro atoms. The van der Waals surface area contributed by atoms with Gasteiger partial charge in [0.25, 0.3) is 0 Å². The van der Waals surface area contributed by atoms with Gasteiger partial charge in [0.2, 0.25) is 0 Å². The number of hydrogen-bond donors (Lipinski definition) is 2. The van der Waals surface area contributed by atoms with Gasteiger partial charge in [-0.2, -0.15) is 0 Å². The van der Waals surface area contributed by atoms with Gasteiger partial charge in [-0.15, -0.1) is 0 Å². The normalized spacial score (nSPS) is 13.4. The summed E-state index contributed by atoms with van der Waals surface area (Å²) in [6.07, 6.45) is -2.11. The maximum absolute atomic E-state index is 11.0. The number of hydrogen-bond acceptors (Lipinski definition) is 6. The molecule has 6 heteroatoms. The molecule has 1 rings (SSSR count). The SMILES string of the molecule is COC(=O)CC(O)C(O)c1cc(C=O)cc(C=O)c1. The summed E-state index contributed by atoms with van der Waals surface area (Å²) in [5, 5.41) is 19.6. The molecule has 0 radical (unpaired) electrons. The Morgan fingerprint density at radius 3 is 2.16 bits per heavy atom. The molecule has 2 N–H and O–H groups in total. The molecule has 0 aliphatic rings. The first-order valence-corrected chi connectivity index (χ1v) is 5.50. The highest BCUT2D eigenvalue weighted by molar-refractivity contribution is 5.82. The van der Waals surface area contributed by atoms with Crippen molar-refractivity contribution in [2.75, 3.05) is 7.11 Å². The van der Waals surface area contributed by atoms with Crippen molar-refractivity contribution in [3.63, 3.8) is 0 Å². The van der Waals surface area contributed by atoms with Crippen molar-refractivity contribution in [3.8, 4) is 0 Å². The maximum atomic E-state index is 11.0. The van der Waals surface area contributed by atoms with E-state index in [1.165, 1.54) is 25.3 Å². The fourth-order valence-corrected chi connectivity index (χ4v) is 1.60. The van der Waals surface area contributed by atoms with Gasteiger partial charge in [0.05, 0.1) is 19.6 Å². The zero-order chi connectivity index (χ0) is 14.4. The summed E-state index contributed by atoms with van der Waals surface area (Å²) >= 11 is 0. The van der Waals surface area contributed by atoms with Crippen molar-refractivity contribution in [1.82, 2.24) is 0 Å². The molecule has 0 aliphatic carbocycles. The fourth-order valence-electron chi connectivity index (χ4n) is 1.60. The summed E-state index contributed by atoms with van der Waals surface area (Å²) in [7, 11) is 1.17. The van der Waals surface area contributed by atoms with Crippen LogP contribution in [-0.2, 0) is 9.53 Å². The van der Waals surface area contributed by atoms with Gasteiger partial charge in [0.15, 0.2) is 0 Å². The highest BCUT2D eigenvalue weighted by Crippen LogP contribution is 2.21. The third-order valence-electron chi connectivity index (χ3n) is 2.58. The molecular weight excluding hydrogens is 252 g/mol. The molecule has 0 heterocycles. The van der Waals surface area contributed by atoms with E-state index in [1.807, 2.05) is 0 Å². The van der Waals surface area contributed by atoms with Crippen molar-refractivity contribution in [2.24, 2.45) is 0 Å². The summed E-state index contributed by atoms with van der Waals surface area (Å²) in [6, 6.07) is 4.03. The summed E-state index contributed by atoms with van der Waals surface area (Å²) in [5.41, 5.74) is 0.580. The number of esters is 1. The number of aliphatic hydroxyl groups excluding tert-OH is 2. The number of aldehydes is 2. The van der Waals surface area contributed by atoms with Crippen LogP contribution in [0.4, 0.5) is 0 Å². The number of aliphatic hydroxyl groups is 2. The largest absolute Gasteiger partial charge is 0.469 e. The van der Waals surface area contributed by atoms with E-state index in [1.54, 1.807) is 0 Å². The van der Waals surface area contributed by atoms with E-state index < -0.39 is 18.2 Å². The van der Waals surface area contributed by atoms with Gasteiger partial charge < -0.3 is 14.9 Å². The van der Waals surface area contributed by atoms with E-state index in [0.29, 0.717) is 12.6 Å². The van der Waals surface area contributed by atoms with Crippen LogP contribution >= 0.6 is 0 Å². The first-order valence-electron chi connectivity index (χ1n) is 5.50. The van der Waals surface area contributed by atoms with Crippen LogP contribution in [0.15, 0.2) is 18.2 Å². The first kappa shape index (κ1) is 15.0. The van der Waals surface area contributed by atoms with Crippen molar-refractivity contribution < 1.29 is 29.3 Å². The lowest BCUT2D eigenvalue weighted by atomic mass is 9.98. The fraction of sp³-hybridized carbons (Fsp3) is 0.308. The van der Waals surface area contributed by atoms with Crippen molar-refractivity contribution >= 4 is 18.5 Å². The molecule has 6 nitrogen and oxygen atoms in total. The van der Waals surface area contributed by atoms with E-state index in [2.05, 4.69) is 4.74 Å². The van der Waals surface area contributed by atoms with Gasteiger partial charge in [0, 0.05) is 11.1 Å². The van der Waals surface area contributed by atoms with Crippen LogP contribution < -0.4 is 0 Å². The number of carbonyl (C=O) groups excluding carboxylic acids is 3. The minimum atomic E-state index is -1.39. The topological polar surface area (TPSA) is 101 Å². The Morgan fingerprint density at radius 1 is 1.21 bits per heavy atom. The lowest BCUT2D eigenvalue weighted by Crippen LogP contribution is -2.22. The number of carbonyl (C=O) groups is 3. The average molecular weight is 266 g/mol. The minimum Gasteiger partial charge on any atom is -0.469 e. The second-order valence-corrected chi connectivity index (χ2v) is 3.96. The van der Waals surface area contributed by atoms with Gasteiger partial charge in [-0.3, -0.25) is 14.4 Å². The van der Waals surface area contributed by atoms with E-state index in [4.69, 9.17) is 0 Å². The molecule has 0 amide bonds. The summed E-state index contributed by atoms with van der Waals surface area (Å²) in [4.78, 5) is 32.4. The molecule has 0 saturated carbocycles. The molecule has 19 heavy (non-hydrogen) atoms. The zero-order valence-corrected chi connectivity index (χ0v) is 10.3. The lowest BCUT2D eigenvalue weighted by molar-refractivity contribution is -0.144. The number of methoxy groups -OCH3 is 1. The third-order valence-corrected chi connectivity index (χ3v) is 2.58. The van der Waals surface area contributed by atoms with Gasteiger partial charge in [-0.05, 0) is 23.8 Å². The van der Waals surface area contributed by atoms with E-state index in [0.717, 1.165) is 0 Å². The predicted molar refractivity (Wildman–Crippen MR) is 64.8 cm³/mol. The zero-order valence-electron chi connectivity index (χ0n) is 10.3. The molecular formula is C13H14O6. The Morgan fingerprint density at radius 2 is 1.74 bits per heavy atom. The summed E-state index contributed by atoms with van der Waals surface area (Å²) < 4.78 is 4.37. The quantitative estimate of drug-likeness (QED) is 0.566. The predicted octanol–water partition coefficient (Wildman–Crippen LogP) is 0.269. The maximum Gasteiger partial charge on any atom is 0.308 e. The Labute approximate surface area is 109 Å². The van der Waals surface area contributed by atoms with Crippen molar-refractivity contribution in [3.05, 3.63) is 34.9 Å². The summed E-state index contributed by atoms with van der Waals surface area (Å²) in [5.74, 6) is -0.672. The molecule has 0 bridgehead atoms. The molecule has 2 unspecified atom stereocenters. The van der Waals surface area contributed by atoms with Crippen LogP contribution in [0.3, 0.4) is 0 Å². The van der Waals surface area contributed by atoms with E-state index in [9.17, 15) is 24.6 Å².